The molecular weight excluding hydrogens is 404 g/mol. The maximum Gasteiger partial charge on any atom is 0.253 e. The number of carbonyl (C=O) groups excluding carboxylic acids is 1. The molecule has 1 unspecified atom stereocenters. The third-order valence-electron chi connectivity index (χ3n) is 5.21. The molecule has 0 fully saturated rings. The molecule has 0 bridgehead atoms. The van der Waals surface area contributed by atoms with Gasteiger partial charge in [-0.05, 0) is 54.5 Å². The van der Waals surface area contributed by atoms with Crippen LogP contribution in [0.15, 0.2) is 64.2 Å². The van der Waals surface area contributed by atoms with Crippen molar-refractivity contribution in [1.29, 1.82) is 0 Å². The van der Waals surface area contributed by atoms with E-state index >= 15 is 0 Å². The third kappa shape index (κ3) is 3.85. The van der Waals surface area contributed by atoms with E-state index in [-0.39, 0.29) is 16.7 Å². The van der Waals surface area contributed by atoms with Crippen molar-refractivity contribution < 1.29 is 13.2 Å². The summed E-state index contributed by atoms with van der Waals surface area (Å²) in [5.41, 5.74) is 4.69. The number of benzene rings is 2. The van der Waals surface area contributed by atoms with Crippen LogP contribution >= 0.6 is 11.3 Å². The minimum Gasteiger partial charge on any atom is -0.324 e. The van der Waals surface area contributed by atoms with Crippen LogP contribution in [0.2, 0.25) is 0 Å². The molecule has 3 aromatic rings. The van der Waals surface area contributed by atoms with E-state index in [4.69, 9.17) is 0 Å². The van der Waals surface area contributed by atoms with Crippen molar-refractivity contribution >= 4 is 33.0 Å². The van der Waals surface area contributed by atoms with Gasteiger partial charge in [0.1, 0.15) is 10.3 Å². The predicted molar refractivity (Wildman–Crippen MR) is 116 cm³/mol. The Morgan fingerprint density at radius 3 is 2.52 bits per heavy atom. The Morgan fingerprint density at radius 1 is 1.07 bits per heavy atom. The van der Waals surface area contributed by atoms with E-state index in [0.717, 1.165) is 22.3 Å². The quantitative estimate of drug-likeness (QED) is 0.682. The SMILES string of the molecule is Cc1ccc(NC(=O)C2Cc3ccccc3CN2S(=O)(=O)c2cccs2)c(C)c1. The zero-order valence-corrected chi connectivity index (χ0v) is 17.9. The third-order valence-corrected chi connectivity index (χ3v) is 8.43. The molecule has 150 valence electrons. The molecule has 2 aromatic carbocycles. The van der Waals surface area contributed by atoms with Gasteiger partial charge in [-0.3, -0.25) is 4.79 Å². The van der Waals surface area contributed by atoms with Crippen molar-refractivity contribution in [3.63, 3.8) is 0 Å². The summed E-state index contributed by atoms with van der Waals surface area (Å²) < 4.78 is 28.2. The monoisotopic (exact) mass is 426 g/mol. The first-order valence-corrected chi connectivity index (χ1v) is 11.7. The lowest BCUT2D eigenvalue weighted by Gasteiger charge is -2.34. The number of aryl methyl sites for hydroxylation is 2. The number of hydrogen-bond donors (Lipinski definition) is 1. The zero-order valence-electron chi connectivity index (χ0n) is 16.3. The summed E-state index contributed by atoms with van der Waals surface area (Å²) in [5.74, 6) is -0.313. The largest absolute Gasteiger partial charge is 0.324 e. The molecule has 1 aliphatic heterocycles. The van der Waals surface area contributed by atoms with Gasteiger partial charge in [0.15, 0.2) is 0 Å². The highest BCUT2D eigenvalue weighted by molar-refractivity contribution is 7.91. The number of hydrogen-bond acceptors (Lipinski definition) is 4. The van der Waals surface area contributed by atoms with Gasteiger partial charge in [0.25, 0.3) is 10.0 Å². The lowest BCUT2D eigenvalue weighted by Crippen LogP contribution is -2.50. The molecule has 7 heteroatoms. The Hall–Kier alpha value is -2.48. The first-order valence-electron chi connectivity index (χ1n) is 9.36. The molecule has 4 rings (SSSR count). The summed E-state index contributed by atoms with van der Waals surface area (Å²) >= 11 is 1.17. The molecule has 0 radical (unpaired) electrons. The van der Waals surface area contributed by atoms with Gasteiger partial charge in [0, 0.05) is 12.2 Å². The van der Waals surface area contributed by atoms with Gasteiger partial charge in [-0.2, -0.15) is 4.31 Å². The molecule has 2 heterocycles. The minimum absolute atomic E-state index is 0.182. The van der Waals surface area contributed by atoms with E-state index < -0.39 is 16.1 Å². The average molecular weight is 427 g/mol. The smallest absolute Gasteiger partial charge is 0.253 e. The molecule has 0 saturated heterocycles. The second-order valence-corrected chi connectivity index (χ2v) is 10.3. The summed E-state index contributed by atoms with van der Waals surface area (Å²) in [4.78, 5) is 13.2. The van der Waals surface area contributed by atoms with Gasteiger partial charge in [-0.15, -0.1) is 11.3 Å². The highest BCUT2D eigenvalue weighted by atomic mass is 32.2. The first-order chi connectivity index (χ1) is 13.9. The van der Waals surface area contributed by atoms with Crippen molar-refractivity contribution in [1.82, 2.24) is 4.31 Å². The minimum atomic E-state index is -3.77. The number of anilines is 1. The highest BCUT2D eigenvalue weighted by Gasteiger charge is 2.40. The van der Waals surface area contributed by atoms with Gasteiger partial charge in [0.2, 0.25) is 5.91 Å². The van der Waals surface area contributed by atoms with Crippen LogP contribution < -0.4 is 5.32 Å². The maximum absolute atomic E-state index is 13.3. The number of fused-ring (bicyclic) bond motifs is 1. The van der Waals surface area contributed by atoms with Crippen molar-refractivity contribution in [3.05, 3.63) is 82.2 Å². The molecule has 0 spiro atoms. The van der Waals surface area contributed by atoms with Crippen LogP contribution in [0.25, 0.3) is 0 Å². The summed E-state index contributed by atoms with van der Waals surface area (Å²) in [6, 6.07) is 16.0. The molecule has 1 amide bonds. The number of sulfonamides is 1. The normalized spacial score (nSPS) is 17.0. The van der Waals surface area contributed by atoms with Crippen LogP contribution in [-0.4, -0.2) is 24.7 Å². The molecule has 29 heavy (non-hydrogen) atoms. The number of amides is 1. The van der Waals surface area contributed by atoms with Crippen LogP contribution in [0.4, 0.5) is 5.69 Å². The van der Waals surface area contributed by atoms with Gasteiger partial charge in [-0.1, -0.05) is 48.0 Å². The van der Waals surface area contributed by atoms with E-state index in [2.05, 4.69) is 5.32 Å². The number of nitrogens with zero attached hydrogens (tertiary/aromatic N) is 1. The molecule has 5 nitrogen and oxygen atoms in total. The molecular formula is C22H22N2O3S2. The van der Waals surface area contributed by atoms with Crippen LogP contribution in [-0.2, 0) is 27.8 Å². The second-order valence-electron chi connectivity index (χ2n) is 7.28. The number of thiophene rings is 1. The lowest BCUT2D eigenvalue weighted by molar-refractivity contribution is -0.120. The van der Waals surface area contributed by atoms with E-state index in [0.29, 0.717) is 12.1 Å². The van der Waals surface area contributed by atoms with Gasteiger partial charge in [0.05, 0.1) is 0 Å². The Morgan fingerprint density at radius 2 is 1.83 bits per heavy atom. The van der Waals surface area contributed by atoms with E-state index in [1.807, 2.05) is 56.3 Å². The van der Waals surface area contributed by atoms with E-state index in [1.165, 1.54) is 15.6 Å². The molecule has 0 saturated carbocycles. The predicted octanol–water partition coefficient (Wildman–Crippen LogP) is 4.12. The van der Waals surface area contributed by atoms with Crippen LogP contribution in [0.1, 0.15) is 22.3 Å². The molecule has 1 N–H and O–H groups in total. The average Bonchev–Trinajstić information content (AvgIpc) is 3.25. The molecule has 1 aromatic heterocycles. The maximum atomic E-state index is 13.3. The molecule has 0 aliphatic carbocycles. The van der Waals surface area contributed by atoms with Gasteiger partial charge >= 0.3 is 0 Å². The summed E-state index contributed by atoms with van der Waals surface area (Å²) in [6.45, 7) is 4.10. The Bertz CT molecular complexity index is 1150. The standard InChI is InChI=1S/C22H22N2O3S2/c1-15-9-10-19(16(2)12-15)23-22(25)20-13-17-6-3-4-7-18(17)14-24(20)29(26,27)21-8-5-11-28-21/h3-12,20H,13-14H2,1-2H3,(H,23,25). The fourth-order valence-corrected chi connectivity index (χ4v) is 6.36. The second kappa shape index (κ2) is 7.74. The fraction of sp³-hybridized carbons (Fsp3) is 0.227. The van der Waals surface area contributed by atoms with Gasteiger partial charge < -0.3 is 5.32 Å². The summed E-state index contributed by atoms with van der Waals surface area (Å²) in [5, 5.41) is 4.68. The fourth-order valence-electron chi connectivity index (χ4n) is 3.67. The zero-order chi connectivity index (χ0) is 20.6. The van der Waals surface area contributed by atoms with Crippen molar-refractivity contribution in [3.8, 4) is 0 Å². The van der Waals surface area contributed by atoms with Gasteiger partial charge in [-0.25, -0.2) is 8.42 Å². The number of rotatable bonds is 4. The van der Waals surface area contributed by atoms with Crippen molar-refractivity contribution in [2.45, 2.75) is 37.1 Å². The van der Waals surface area contributed by atoms with Crippen molar-refractivity contribution in [2.24, 2.45) is 0 Å². The molecule has 1 aliphatic rings. The molecule has 1 atom stereocenters. The first kappa shape index (κ1) is 19.8. The lowest BCUT2D eigenvalue weighted by atomic mass is 9.95. The summed E-state index contributed by atoms with van der Waals surface area (Å²) in [7, 11) is -3.77. The Labute approximate surface area is 175 Å². The van der Waals surface area contributed by atoms with E-state index in [9.17, 15) is 13.2 Å². The highest BCUT2D eigenvalue weighted by Crippen LogP contribution is 2.31. The summed E-state index contributed by atoms with van der Waals surface area (Å²) in [6.07, 6.45) is 0.345. The van der Waals surface area contributed by atoms with Crippen LogP contribution in [0.3, 0.4) is 0 Å². The topological polar surface area (TPSA) is 66.5 Å². The van der Waals surface area contributed by atoms with Crippen molar-refractivity contribution in [2.75, 3.05) is 5.32 Å². The number of nitrogens with one attached hydrogen (secondary N) is 1. The number of carbonyl (C=O) groups is 1. The van der Waals surface area contributed by atoms with E-state index in [1.54, 1.807) is 17.5 Å². The Kier molecular flexibility index (Phi) is 5.29. The van der Waals surface area contributed by atoms with Crippen LogP contribution in [0, 0.1) is 13.8 Å². The Balaban J connectivity index is 1.71. The van der Waals surface area contributed by atoms with Crippen LogP contribution in [0.5, 0.6) is 0 Å².